The van der Waals surface area contributed by atoms with Crippen molar-refractivity contribution in [3.05, 3.63) is 41.1 Å². The van der Waals surface area contributed by atoms with Crippen LogP contribution in [0, 0.1) is 19.8 Å². The van der Waals surface area contributed by atoms with Gasteiger partial charge in [-0.1, -0.05) is 46.8 Å². The normalized spacial score (nSPS) is 12.1. The van der Waals surface area contributed by atoms with Crippen LogP contribution >= 0.6 is 0 Å². The summed E-state index contributed by atoms with van der Waals surface area (Å²) in [5.41, 5.74) is 3.33. The number of nitrogens with one attached hydrogen (secondary N) is 2. The van der Waals surface area contributed by atoms with Gasteiger partial charge in [-0.2, -0.15) is 5.10 Å². The van der Waals surface area contributed by atoms with E-state index in [0.29, 0.717) is 12.4 Å². The smallest absolute Gasteiger partial charge is 0.315 e. The minimum atomic E-state index is -0.302. The van der Waals surface area contributed by atoms with Gasteiger partial charge in [-0.15, -0.1) is 0 Å². The molecule has 0 bridgehead atoms. The molecule has 2 rings (SSSR count). The van der Waals surface area contributed by atoms with E-state index < -0.39 is 0 Å². The number of hydrogen-bond acceptors (Lipinski definition) is 3. The Morgan fingerprint density at radius 2 is 1.70 bits per heavy atom. The van der Waals surface area contributed by atoms with Crippen molar-refractivity contribution in [2.45, 2.75) is 80.2 Å². The second-order valence-electron chi connectivity index (χ2n) is 11.2. The number of carbonyl (C=O) groups is 2. The molecular formula is C26H41N5O2. The van der Waals surface area contributed by atoms with Crippen LogP contribution in [0.2, 0.25) is 0 Å². The molecule has 0 unspecified atom stereocenters. The highest BCUT2D eigenvalue weighted by Gasteiger charge is 2.27. The van der Waals surface area contributed by atoms with Crippen LogP contribution in [-0.2, 0) is 15.7 Å². The molecule has 2 aromatic rings. The first kappa shape index (κ1) is 26.4. The number of aryl methyl sites for hydroxylation is 1. The molecule has 0 saturated carbocycles. The predicted molar refractivity (Wildman–Crippen MR) is 136 cm³/mol. The van der Waals surface area contributed by atoms with Gasteiger partial charge in [-0.25, -0.2) is 9.48 Å². The van der Waals surface area contributed by atoms with Crippen molar-refractivity contribution in [1.29, 1.82) is 0 Å². The van der Waals surface area contributed by atoms with Crippen LogP contribution < -0.4 is 10.6 Å². The maximum absolute atomic E-state index is 13.1. The van der Waals surface area contributed by atoms with Crippen molar-refractivity contribution in [2.75, 3.05) is 23.7 Å². The summed E-state index contributed by atoms with van der Waals surface area (Å²) in [5, 5.41) is 10.7. The van der Waals surface area contributed by atoms with Crippen molar-refractivity contribution in [1.82, 2.24) is 14.7 Å². The maximum Gasteiger partial charge on any atom is 0.322 e. The first-order valence-corrected chi connectivity index (χ1v) is 11.6. The Balaban J connectivity index is 2.23. The van der Waals surface area contributed by atoms with Crippen molar-refractivity contribution >= 4 is 23.4 Å². The zero-order valence-electron chi connectivity index (χ0n) is 22.0. The fourth-order valence-electron chi connectivity index (χ4n) is 3.44. The Hall–Kier alpha value is -2.83. The van der Waals surface area contributed by atoms with Crippen molar-refractivity contribution in [2.24, 2.45) is 5.92 Å². The maximum atomic E-state index is 13.1. The van der Waals surface area contributed by atoms with Gasteiger partial charge in [-0.3, -0.25) is 4.79 Å². The SMILES string of the molecule is Cc1cccc(NC(=O)N(CC(=O)Nc2cc(C(C)(C)C)nn2C(C)(C)C)CC(C)C)c1C. The number of benzene rings is 1. The number of amides is 3. The topological polar surface area (TPSA) is 79.3 Å². The zero-order valence-corrected chi connectivity index (χ0v) is 22.0. The third kappa shape index (κ3) is 7.07. The highest BCUT2D eigenvalue weighted by atomic mass is 16.2. The second-order valence-corrected chi connectivity index (χ2v) is 11.2. The fraction of sp³-hybridized carbons (Fsp3) is 0.577. The van der Waals surface area contributed by atoms with Gasteiger partial charge in [0.2, 0.25) is 5.91 Å². The molecular weight excluding hydrogens is 414 g/mol. The lowest BCUT2D eigenvalue weighted by atomic mass is 9.92. The molecule has 0 atom stereocenters. The van der Waals surface area contributed by atoms with E-state index in [0.717, 1.165) is 22.5 Å². The van der Waals surface area contributed by atoms with Crippen molar-refractivity contribution in [3.63, 3.8) is 0 Å². The first-order valence-electron chi connectivity index (χ1n) is 11.6. The molecule has 0 aliphatic rings. The summed E-state index contributed by atoms with van der Waals surface area (Å²) in [6, 6.07) is 7.44. The minimum Gasteiger partial charge on any atom is -0.315 e. The van der Waals surface area contributed by atoms with Gasteiger partial charge in [0.25, 0.3) is 0 Å². The average molecular weight is 456 g/mol. The Bertz CT molecular complexity index is 993. The molecule has 7 nitrogen and oxygen atoms in total. The number of anilines is 2. The van der Waals surface area contributed by atoms with E-state index in [-0.39, 0.29) is 35.4 Å². The quantitative estimate of drug-likeness (QED) is 0.588. The Morgan fingerprint density at radius 3 is 2.24 bits per heavy atom. The van der Waals surface area contributed by atoms with Crippen LogP contribution in [0.25, 0.3) is 0 Å². The molecule has 0 radical (unpaired) electrons. The average Bonchev–Trinajstić information content (AvgIpc) is 3.09. The molecule has 1 heterocycles. The van der Waals surface area contributed by atoms with Crippen LogP contribution in [0.1, 0.15) is 72.2 Å². The van der Waals surface area contributed by atoms with E-state index in [4.69, 9.17) is 5.10 Å². The van der Waals surface area contributed by atoms with E-state index in [9.17, 15) is 9.59 Å². The van der Waals surface area contributed by atoms with Crippen LogP contribution in [0.4, 0.5) is 16.3 Å². The number of hydrogen-bond donors (Lipinski definition) is 2. The molecule has 0 aliphatic carbocycles. The summed E-state index contributed by atoms with van der Waals surface area (Å²) in [4.78, 5) is 27.7. The number of urea groups is 1. The van der Waals surface area contributed by atoms with E-state index >= 15 is 0 Å². The minimum absolute atomic E-state index is 0.0466. The summed E-state index contributed by atoms with van der Waals surface area (Å²) in [5.74, 6) is 0.601. The van der Waals surface area contributed by atoms with E-state index in [1.54, 1.807) is 4.90 Å². The lowest BCUT2D eigenvalue weighted by Gasteiger charge is -2.26. The predicted octanol–water partition coefficient (Wildman–Crippen LogP) is 5.68. The molecule has 33 heavy (non-hydrogen) atoms. The number of rotatable bonds is 6. The molecule has 2 N–H and O–H groups in total. The van der Waals surface area contributed by atoms with Crippen molar-refractivity contribution < 1.29 is 9.59 Å². The largest absolute Gasteiger partial charge is 0.322 e. The van der Waals surface area contributed by atoms with Crippen LogP contribution in [-0.4, -0.2) is 39.7 Å². The molecule has 3 amide bonds. The summed E-state index contributed by atoms with van der Waals surface area (Å²) < 4.78 is 1.84. The molecule has 0 aliphatic heterocycles. The van der Waals surface area contributed by atoms with Gasteiger partial charge in [0, 0.05) is 23.7 Å². The fourth-order valence-corrected chi connectivity index (χ4v) is 3.44. The van der Waals surface area contributed by atoms with E-state index in [1.165, 1.54) is 0 Å². The molecule has 182 valence electrons. The third-order valence-electron chi connectivity index (χ3n) is 5.43. The summed E-state index contributed by atoms with van der Waals surface area (Å²) in [6.07, 6.45) is 0. The Kier molecular flexibility index (Phi) is 7.99. The Morgan fingerprint density at radius 1 is 1.06 bits per heavy atom. The zero-order chi connectivity index (χ0) is 25.1. The van der Waals surface area contributed by atoms with Crippen molar-refractivity contribution in [3.8, 4) is 0 Å². The highest BCUT2D eigenvalue weighted by molar-refractivity contribution is 5.97. The van der Waals surface area contributed by atoms with Gasteiger partial charge in [0.05, 0.1) is 11.2 Å². The van der Waals surface area contributed by atoms with Crippen LogP contribution in [0.5, 0.6) is 0 Å². The summed E-state index contributed by atoms with van der Waals surface area (Å²) >= 11 is 0. The van der Waals surface area contributed by atoms with E-state index in [2.05, 4.69) is 31.4 Å². The van der Waals surface area contributed by atoms with Crippen LogP contribution in [0.15, 0.2) is 24.3 Å². The summed E-state index contributed by atoms with van der Waals surface area (Å²) in [7, 11) is 0. The van der Waals surface area contributed by atoms with Gasteiger partial charge in [0.15, 0.2) is 0 Å². The standard InChI is InChI=1S/C26H41N5O2/c1-17(2)15-30(24(33)27-20-13-11-12-18(3)19(20)4)16-23(32)28-22-14-21(25(5,6)7)29-31(22)26(8,9)10/h11-14,17H,15-16H2,1-10H3,(H,27,33)(H,28,32). The summed E-state index contributed by atoms with van der Waals surface area (Å²) in [6.45, 7) is 20.9. The molecule has 7 heteroatoms. The number of aromatic nitrogens is 2. The Labute approximate surface area is 198 Å². The van der Waals surface area contributed by atoms with Gasteiger partial charge in [-0.05, 0) is 57.7 Å². The molecule has 0 fully saturated rings. The molecule has 0 spiro atoms. The van der Waals surface area contributed by atoms with Gasteiger partial charge >= 0.3 is 6.03 Å². The lowest BCUT2D eigenvalue weighted by Crippen LogP contribution is -2.43. The highest BCUT2D eigenvalue weighted by Crippen LogP contribution is 2.28. The monoisotopic (exact) mass is 455 g/mol. The molecule has 0 saturated heterocycles. The second kappa shape index (κ2) is 9.98. The molecule has 1 aromatic heterocycles. The first-order chi connectivity index (χ1) is 15.1. The van der Waals surface area contributed by atoms with E-state index in [1.807, 2.05) is 77.4 Å². The number of carbonyl (C=O) groups excluding carboxylic acids is 2. The number of nitrogens with zero attached hydrogens (tertiary/aromatic N) is 3. The van der Waals surface area contributed by atoms with Gasteiger partial charge in [0.1, 0.15) is 12.4 Å². The van der Waals surface area contributed by atoms with Crippen LogP contribution in [0.3, 0.4) is 0 Å². The molecule has 1 aromatic carbocycles. The van der Waals surface area contributed by atoms with Gasteiger partial charge < -0.3 is 15.5 Å². The third-order valence-corrected chi connectivity index (χ3v) is 5.43. The lowest BCUT2D eigenvalue weighted by molar-refractivity contribution is -0.116.